The molecule has 0 saturated carbocycles. The van der Waals surface area contributed by atoms with E-state index in [0.717, 1.165) is 19.5 Å². The number of rotatable bonds is 2. The van der Waals surface area contributed by atoms with Gasteiger partial charge in [0, 0.05) is 18.7 Å². The maximum Gasteiger partial charge on any atom is 0.230 e. The smallest absolute Gasteiger partial charge is 0.230 e. The predicted molar refractivity (Wildman–Crippen MR) is 93.1 cm³/mol. The average Bonchev–Trinajstić information content (AvgIpc) is 2.61. The molecular weight excluding hydrogens is 324 g/mol. The Bertz CT molecular complexity index is 900. The molecule has 0 amide bonds. The SMILES string of the molecule is Oc1cccc(-c2nc(Cl)nc(N3CCc4ccccc4C3)n2)c1. The number of phenols is 1. The second-order valence-corrected chi connectivity index (χ2v) is 6.06. The van der Waals surface area contributed by atoms with Crippen LogP contribution in [0.5, 0.6) is 5.75 Å². The highest BCUT2D eigenvalue weighted by atomic mass is 35.5. The number of phenolic OH excluding ortho intramolecular Hbond substituents is 1. The van der Waals surface area contributed by atoms with Crippen molar-refractivity contribution < 1.29 is 5.11 Å². The molecule has 1 aromatic heterocycles. The van der Waals surface area contributed by atoms with E-state index in [9.17, 15) is 5.11 Å². The first-order chi connectivity index (χ1) is 11.7. The summed E-state index contributed by atoms with van der Waals surface area (Å²) < 4.78 is 0. The van der Waals surface area contributed by atoms with Crippen molar-refractivity contribution in [3.63, 3.8) is 0 Å². The molecule has 1 aliphatic heterocycles. The lowest BCUT2D eigenvalue weighted by molar-refractivity contribution is 0.475. The van der Waals surface area contributed by atoms with Crippen molar-refractivity contribution in [2.75, 3.05) is 11.4 Å². The van der Waals surface area contributed by atoms with Gasteiger partial charge >= 0.3 is 0 Å². The maximum atomic E-state index is 9.66. The molecule has 3 aromatic rings. The van der Waals surface area contributed by atoms with E-state index in [1.165, 1.54) is 11.1 Å². The zero-order valence-corrected chi connectivity index (χ0v) is 13.6. The number of aromatic nitrogens is 3. The van der Waals surface area contributed by atoms with Crippen LogP contribution in [0.2, 0.25) is 5.28 Å². The Hall–Kier alpha value is -2.66. The molecule has 0 fully saturated rings. The van der Waals surface area contributed by atoms with Crippen LogP contribution in [0.15, 0.2) is 48.5 Å². The summed E-state index contributed by atoms with van der Waals surface area (Å²) in [5, 5.41) is 9.81. The highest BCUT2D eigenvalue weighted by molar-refractivity contribution is 6.28. The van der Waals surface area contributed by atoms with Gasteiger partial charge < -0.3 is 10.0 Å². The Morgan fingerprint density at radius 2 is 1.79 bits per heavy atom. The van der Waals surface area contributed by atoms with Gasteiger partial charge in [-0.05, 0) is 41.3 Å². The van der Waals surface area contributed by atoms with Crippen LogP contribution in [0.3, 0.4) is 0 Å². The summed E-state index contributed by atoms with van der Waals surface area (Å²) in [5.74, 6) is 1.18. The van der Waals surface area contributed by atoms with Crippen molar-refractivity contribution in [3.05, 3.63) is 64.9 Å². The third-order valence-corrected chi connectivity index (χ3v) is 4.28. The molecule has 24 heavy (non-hydrogen) atoms. The van der Waals surface area contributed by atoms with Crippen molar-refractivity contribution in [3.8, 4) is 17.1 Å². The molecule has 1 N–H and O–H groups in total. The fourth-order valence-corrected chi connectivity index (χ4v) is 3.08. The number of aromatic hydroxyl groups is 1. The molecule has 120 valence electrons. The number of anilines is 1. The summed E-state index contributed by atoms with van der Waals surface area (Å²) in [6.07, 6.45) is 0.945. The highest BCUT2D eigenvalue weighted by Crippen LogP contribution is 2.26. The minimum atomic E-state index is 0.150. The van der Waals surface area contributed by atoms with Crippen LogP contribution in [0.4, 0.5) is 5.95 Å². The summed E-state index contributed by atoms with van der Waals surface area (Å²) in [5.41, 5.74) is 3.35. The molecule has 0 aliphatic carbocycles. The zero-order chi connectivity index (χ0) is 16.5. The fraction of sp³-hybridized carbons (Fsp3) is 0.167. The Morgan fingerprint density at radius 3 is 2.62 bits per heavy atom. The molecule has 4 rings (SSSR count). The van der Waals surface area contributed by atoms with E-state index in [1.54, 1.807) is 18.2 Å². The lowest BCUT2D eigenvalue weighted by Crippen LogP contribution is -2.32. The van der Waals surface area contributed by atoms with Crippen molar-refractivity contribution in [2.24, 2.45) is 0 Å². The van der Waals surface area contributed by atoms with Gasteiger partial charge in [-0.2, -0.15) is 15.0 Å². The van der Waals surface area contributed by atoms with Crippen LogP contribution in [0.1, 0.15) is 11.1 Å². The van der Waals surface area contributed by atoms with E-state index in [0.29, 0.717) is 17.3 Å². The van der Waals surface area contributed by atoms with Crippen LogP contribution in [0, 0.1) is 0 Å². The minimum Gasteiger partial charge on any atom is -0.508 e. The van der Waals surface area contributed by atoms with Crippen LogP contribution < -0.4 is 4.90 Å². The summed E-state index contributed by atoms with van der Waals surface area (Å²) >= 11 is 6.11. The zero-order valence-electron chi connectivity index (χ0n) is 12.9. The summed E-state index contributed by atoms with van der Waals surface area (Å²) in [6.45, 7) is 1.58. The minimum absolute atomic E-state index is 0.150. The first kappa shape index (κ1) is 14.9. The second-order valence-electron chi connectivity index (χ2n) is 5.72. The molecule has 0 bridgehead atoms. The Morgan fingerprint density at radius 1 is 0.958 bits per heavy atom. The molecule has 0 atom stereocenters. The predicted octanol–water partition coefficient (Wildman–Crippen LogP) is 3.46. The van der Waals surface area contributed by atoms with Gasteiger partial charge in [-0.1, -0.05) is 36.4 Å². The summed E-state index contributed by atoms with van der Waals surface area (Å²) in [7, 11) is 0. The average molecular weight is 339 g/mol. The second kappa shape index (κ2) is 6.09. The molecular formula is C18H15ClN4O. The van der Waals surface area contributed by atoms with Crippen molar-refractivity contribution >= 4 is 17.5 Å². The van der Waals surface area contributed by atoms with E-state index in [-0.39, 0.29) is 11.0 Å². The molecule has 1 aliphatic rings. The number of fused-ring (bicyclic) bond motifs is 1. The molecule has 0 saturated heterocycles. The van der Waals surface area contributed by atoms with Crippen molar-refractivity contribution in [1.82, 2.24) is 15.0 Å². The number of hydrogen-bond acceptors (Lipinski definition) is 5. The van der Waals surface area contributed by atoms with E-state index in [2.05, 4.69) is 38.1 Å². The maximum absolute atomic E-state index is 9.66. The first-order valence-corrected chi connectivity index (χ1v) is 8.09. The third kappa shape index (κ3) is 2.90. The van der Waals surface area contributed by atoms with Crippen LogP contribution in [0.25, 0.3) is 11.4 Å². The summed E-state index contributed by atoms with van der Waals surface area (Å²) in [4.78, 5) is 15.1. The van der Waals surface area contributed by atoms with E-state index >= 15 is 0 Å². The first-order valence-electron chi connectivity index (χ1n) is 7.72. The van der Waals surface area contributed by atoms with E-state index in [1.807, 2.05) is 12.1 Å². The largest absolute Gasteiger partial charge is 0.508 e. The lowest BCUT2D eigenvalue weighted by atomic mass is 10.0. The fourth-order valence-electron chi connectivity index (χ4n) is 2.92. The Balaban J connectivity index is 1.70. The van der Waals surface area contributed by atoms with Gasteiger partial charge in [0.05, 0.1) is 0 Å². The van der Waals surface area contributed by atoms with Gasteiger partial charge in [0.1, 0.15) is 5.75 Å². The highest BCUT2D eigenvalue weighted by Gasteiger charge is 2.19. The molecule has 0 spiro atoms. The van der Waals surface area contributed by atoms with Gasteiger partial charge in [0.2, 0.25) is 11.2 Å². The normalized spacial score (nSPS) is 13.6. The molecule has 0 unspecified atom stereocenters. The molecule has 2 aromatic carbocycles. The number of nitrogens with zero attached hydrogens (tertiary/aromatic N) is 4. The van der Waals surface area contributed by atoms with Gasteiger partial charge in [-0.3, -0.25) is 0 Å². The molecule has 6 heteroatoms. The van der Waals surface area contributed by atoms with Crippen LogP contribution >= 0.6 is 11.6 Å². The monoisotopic (exact) mass is 338 g/mol. The van der Waals surface area contributed by atoms with Gasteiger partial charge in [-0.25, -0.2) is 0 Å². The molecule has 2 heterocycles. The Kier molecular flexibility index (Phi) is 3.78. The lowest BCUT2D eigenvalue weighted by Gasteiger charge is -2.28. The standard InChI is InChI=1S/C18H15ClN4O/c19-17-20-16(13-6-3-7-15(24)10-13)21-18(22-17)23-9-8-12-4-1-2-5-14(12)11-23/h1-7,10,24H,8-9,11H2. The number of hydrogen-bond donors (Lipinski definition) is 1. The number of benzene rings is 2. The van der Waals surface area contributed by atoms with Crippen molar-refractivity contribution in [1.29, 1.82) is 0 Å². The van der Waals surface area contributed by atoms with Crippen LogP contribution in [-0.4, -0.2) is 26.6 Å². The number of halogens is 1. The quantitative estimate of drug-likeness (QED) is 0.775. The molecule has 0 radical (unpaired) electrons. The van der Waals surface area contributed by atoms with E-state index < -0.39 is 0 Å². The van der Waals surface area contributed by atoms with Gasteiger partial charge in [0.15, 0.2) is 5.82 Å². The van der Waals surface area contributed by atoms with E-state index in [4.69, 9.17) is 11.6 Å². The van der Waals surface area contributed by atoms with Crippen molar-refractivity contribution in [2.45, 2.75) is 13.0 Å². The summed E-state index contributed by atoms with van der Waals surface area (Å²) in [6, 6.07) is 15.2. The van der Waals surface area contributed by atoms with Gasteiger partial charge in [0.25, 0.3) is 0 Å². The topological polar surface area (TPSA) is 62.1 Å². The van der Waals surface area contributed by atoms with Crippen LogP contribution in [-0.2, 0) is 13.0 Å². The molecule has 5 nitrogen and oxygen atoms in total. The Labute approximate surface area is 144 Å². The third-order valence-electron chi connectivity index (χ3n) is 4.11. The van der Waals surface area contributed by atoms with Gasteiger partial charge in [-0.15, -0.1) is 0 Å².